The third-order valence-electron chi connectivity index (χ3n) is 2.16. The smallest absolute Gasteiger partial charge is 0.169 e. The van der Waals surface area contributed by atoms with Crippen molar-refractivity contribution in [1.82, 2.24) is 9.94 Å². The third-order valence-corrected chi connectivity index (χ3v) is 2.16. The highest BCUT2D eigenvalue weighted by molar-refractivity contribution is 5.35. The first-order valence-electron chi connectivity index (χ1n) is 4.11. The van der Waals surface area contributed by atoms with Crippen LogP contribution in [0.2, 0.25) is 0 Å². The summed E-state index contributed by atoms with van der Waals surface area (Å²) in [5, 5.41) is 21.8. The van der Waals surface area contributed by atoms with Crippen LogP contribution in [0.1, 0.15) is 17.0 Å². The molecule has 0 saturated heterocycles. The Morgan fingerprint density at radius 2 is 2.23 bits per heavy atom. The average molecular weight is 179 g/mol. The van der Waals surface area contributed by atoms with E-state index in [1.807, 2.05) is 6.07 Å². The van der Waals surface area contributed by atoms with Crippen molar-refractivity contribution in [2.24, 2.45) is 0 Å². The summed E-state index contributed by atoms with van der Waals surface area (Å²) in [5.74, 6) is 0. The van der Waals surface area contributed by atoms with Crippen LogP contribution in [0, 0.1) is 11.3 Å². The zero-order valence-electron chi connectivity index (χ0n) is 7.03. The van der Waals surface area contributed by atoms with Crippen LogP contribution in [0.5, 0.6) is 0 Å². The number of nitrogens with zero attached hydrogens (tertiary/aromatic N) is 3. The lowest BCUT2D eigenvalue weighted by atomic mass is 10.1. The first-order chi connectivity index (χ1) is 6.33. The van der Waals surface area contributed by atoms with E-state index in [2.05, 4.69) is 5.10 Å². The average Bonchev–Trinajstić information content (AvgIpc) is 2.38. The molecule has 0 radical (unpaired) electrons. The topological polar surface area (TPSA) is 71.1 Å². The van der Waals surface area contributed by atoms with Crippen LogP contribution in [0.4, 0.5) is 0 Å². The maximum absolute atomic E-state index is 9.33. The number of ether oxygens (including phenoxy) is 1. The van der Waals surface area contributed by atoms with Crippen molar-refractivity contribution >= 4 is 0 Å². The number of fused-ring (bicyclic) bond motifs is 1. The largest absolute Gasteiger partial charge is 0.411 e. The van der Waals surface area contributed by atoms with E-state index in [1.54, 1.807) is 0 Å². The summed E-state index contributed by atoms with van der Waals surface area (Å²) in [5.41, 5.74) is 1.83. The quantitative estimate of drug-likeness (QED) is 0.574. The van der Waals surface area contributed by atoms with Gasteiger partial charge in [0, 0.05) is 18.4 Å². The minimum absolute atomic E-state index is 0.308. The van der Waals surface area contributed by atoms with Gasteiger partial charge in [0.2, 0.25) is 0 Å². The lowest BCUT2D eigenvalue weighted by molar-refractivity contribution is 0.123. The molecule has 1 N–H and O–H groups in total. The molecule has 1 aromatic rings. The van der Waals surface area contributed by atoms with Crippen molar-refractivity contribution < 1.29 is 9.94 Å². The molecule has 0 bridgehead atoms. The Balaban J connectivity index is 2.49. The fourth-order valence-corrected chi connectivity index (χ4v) is 1.52. The Labute approximate surface area is 75.1 Å². The fraction of sp³-hybridized carbons (Fsp3) is 0.500. The van der Waals surface area contributed by atoms with Gasteiger partial charge in [0.1, 0.15) is 6.07 Å². The van der Waals surface area contributed by atoms with Crippen LogP contribution in [-0.2, 0) is 17.6 Å². The first kappa shape index (κ1) is 8.08. The molecule has 1 aromatic heterocycles. The molecule has 5 nitrogen and oxygen atoms in total. The third kappa shape index (κ3) is 1.25. The minimum atomic E-state index is 0.308. The molecule has 68 valence electrons. The van der Waals surface area contributed by atoms with Crippen LogP contribution in [0.15, 0.2) is 0 Å². The second-order valence-electron chi connectivity index (χ2n) is 2.89. The molecule has 0 amide bonds. The van der Waals surface area contributed by atoms with Gasteiger partial charge in [-0.15, -0.1) is 9.94 Å². The van der Waals surface area contributed by atoms with Gasteiger partial charge >= 0.3 is 0 Å². The van der Waals surface area contributed by atoms with Gasteiger partial charge in [-0.1, -0.05) is 0 Å². The summed E-state index contributed by atoms with van der Waals surface area (Å²) in [6, 6.07) is 1.96. The van der Waals surface area contributed by atoms with E-state index in [-0.39, 0.29) is 0 Å². The molecular formula is C8H9N3O2. The number of nitriles is 1. The van der Waals surface area contributed by atoms with Crippen LogP contribution >= 0.6 is 0 Å². The summed E-state index contributed by atoms with van der Waals surface area (Å²) in [6.45, 7) is 1.16. The van der Waals surface area contributed by atoms with Gasteiger partial charge in [0.15, 0.2) is 5.69 Å². The molecule has 0 saturated carbocycles. The SMILES string of the molecule is N#Cc1nn(O)c2c1CCOCC2. The van der Waals surface area contributed by atoms with E-state index in [9.17, 15) is 5.21 Å². The van der Waals surface area contributed by atoms with Gasteiger partial charge in [0.05, 0.1) is 18.9 Å². The van der Waals surface area contributed by atoms with E-state index in [0.717, 1.165) is 10.4 Å². The minimum Gasteiger partial charge on any atom is -0.411 e. The Morgan fingerprint density at radius 3 is 3.00 bits per heavy atom. The second kappa shape index (κ2) is 3.07. The van der Waals surface area contributed by atoms with Gasteiger partial charge in [-0.05, 0) is 0 Å². The van der Waals surface area contributed by atoms with Crippen molar-refractivity contribution in [3.8, 4) is 6.07 Å². The van der Waals surface area contributed by atoms with Gasteiger partial charge in [-0.3, -0.25) is 0 Å². The molecule has 1 aliphatic rings. The Hall–Kier alpha value is -1.54. The zero-order valence-corrected chi connectivity index (χ0v) is 7.03. The van der Waals surface area contributed by atoms with Crippen molar-refractivity contribution in [3.05, 3.63) is 17.0 Å². The van der Waals surface area contributed by atoms with E-state index in [4.69, 9.17) is 10.00 Å². The summed E-state index contributed by atoms with van der Waals surface area (Å²) in [6.07, 6.45) is 1.26. The van der Waals surface area contributed by atoms with E-state index in [1.165, 1.54) is 0 Å². The number of hydrogen-bond donors (Lipinski definition) is 1. The molecule has 0 fully saturated rings. The molecular weight excluding hydrogens is 170 g/mol. The molecule has 2 heterocycles. The summed E-state index contributed by atoms with van der Waals surface area (Å²) in [4.78, 5) is 0.794. The zero-order chi connectivity index (χ0) is 9.26. The lowest BCUT2D eigenvalue weighted by Crippen LogP contribution is -2.03. The van der Waals surface area contributed by atoms with Gasteiger partial charge in [0.25, 0.3) is 0 Å². The Bertz CT molecular complexity index is 364. The fourth-order valence-electron chi connectivity index (χ4n) is 1.52. The molecule has 5 heteroatoms. The van der Waals surface area contributed by atoms with E-state index >= 15 is 0 Å². The van der Waals surface area contributed by atoms with Crippen LogP contribution in [0.25, 0.3) is 0 Å². The maximum atomic E-state index is 9.33. The van der Waals surface area contributed by atoms with Crippen LogP contribution < -0.4 is 0 Å². The predicted octanol–water partition coefficient (Wildman–Crippen LogP) is 0.107. The maximum Gasteiger partial charge on any atom is 0.169 e. The second-order valence-corrected chi connectivity index (χ2v) is 2.89. The molecule has 0 aliphatic carbocycles. The molecule has 0 atom stereocenters. The monoisotopic (exact) mass is 179 g/mol. The highest BCUT2D eigenvalue weighted by Gasteiger charge is 2.19. The van der Waals surface area contributed by atoms with Crippen molar-refractivity contribution in [2.75, 3.05) is 13.2 Å². The standard InChI is InChI=1S/C8H9N3O2/c9-5-7-6-1-3-13-4-2-8(6)11(12)10-7/h12H,1-4H2. The normalized spacial score (nSPS) is 15.9. The Morgan fingerprint density at radius 1 is 1.46 bits per heavy atom. The van der Waals surface area contributed by atoms with Crippen molar-refractivity contribution in [2.45, 2.75) is 12.8 Å². The van der Waals surface area contributed by atoms with E-state index < -0.39 is 0 Å². The predicted molar refractivity (Wildman–Crippen MR) is 42.4 cm³/mol. The highest BCUT2D eigenvalue weighted by Crippen LogP contribution is 2.17. The first-order valence-corrected chi connectivity index (χ1v) is 4.11. The molecule has 1 aliphatic heterocycles. The highest BCUT2D eigenvalue weighted by atomic mass is 16.5. The Kier molecular flexibility index (Phi) is 1.91. The molecule has 0 unspecified atom stereocenters. The number of hydrogen-bond acceptors (Lipinski definition) is 4. The van der Waals surface area contributed by atoms with Gasteiger partial charge in [-0.2, -0.15) is 5.26 Å². The number of aromatic nitrogens is 2. The lowest BCUT2D eigenvalue weighted by Gasteiger charge is -1.96. The summed E-state index contributed by atoms with van der Waals surface area (Å²) < 4.78 is 5.23. The van der Waals surface area contributed by atoms with Crippen LogP contribution in [-0.4, -0.2) is 28.4 Å². The van der Waals surface area contributed by atoms with Gasteiger partial charge in [-0.25, -0.2) is 0 Å². The summed E-state index contributed by atoms with van der Waals surface area (Å²) in [7, 11) is 0. The van der Waals surface area contributed by atoms with Crippen LogP contribution in [0.3, 0.4) is 0 Å². The molecule has 13 heavy (non-hydrogen) atoms. The van der Waals surface area contributed by atoms with Gasteiger partial charge < -0.3 is 9.94 Å². The van der Waals surface area contributed by atoms with Crippen molar-refractivity contribution in [1.29, 1.82) is 5.26 Å². The van der Waals surface area contributed by atoms with E-state index in [0.29, 0.717) is 37.4 Å². The van der Waals surface area contributed by atoms with Crippen molar-refractivity contribution in [3.63, 3.8) is 0 Å². The molecule has 2 rings (SSSR count). The molecule has 0 spiro atoms. The summed E-state index contributed by atoms with van der Waals surface area (Å²) >= 11 is 0. The number of rotatable bonds is 0. The molecule has 0 aromatic carbocycles.